The molecule has 0 aromatic heterocycles. The van der Waals surface area contributed by atoms with E-state index >= 15 is 0 Å². The summed E-state index contributed by atoms with van der Waals surface area (Å²) in [6, 6.07) is 6.58. The van der Waals surface area contributed by atoms with Crippen LogP contribution in [0.3, 0.4) is 0 Å². The summed E-state index contributed by atoms with van der Waals surface area (Å²) < 4.78 is 5.40. The van der Waals surface area contributed by atoms with E-state index in [2.05, 4.69) is 5.32 Å². The number of carbonyl (C=O) groups excluding carboxylic acids is 1. The van der Waals surface area contributed by atoms with Crippen LogP contribution in [0.2, 0.25) is 0 Å². The summed E-state index contributed by atoms with van der Waals surface area (Å²) in [6.45, 7) is 4.27. The highest BCUT2D eigenvalue weighted by Crippen LogP contribution is 2.18. The van der Waals surface area contributed by atoms with Gasteiger partial charge in [-0.25, -0.2) is 0 Å². The standard InChI is InChI=1S/C15H21NO4/c1-3-7-11(10-14(17)18)16-15(19)12-8-5-6-9-13(12)20-4-2/h5-6,8-9,11H,3-4,7,10H2,1-2H3,(H,16,19)(H,17,18). The Hall–Kier alpha value is -2.04. The van der Waals surface area contributed by atoms with Gasteiger partial charge in [-0.1, -0.05) is 25.5 Å². The maximum atomic E-state index is 12.2. The predicted octanol–water partition coefficient (Wildman–Crippen LogP) is 2.46. The monoisotopic (exact) mass is 279 g/mol. The molecule has 1 rings (SSSR count). The van der Waals surface area contributed by atoms with Crippen molar-refractivity contribution in [1.82, 2.24) is 5.32 Å². The van der Waals surface area contributed by atoms with Crippen molar-refractivity contribution in [2.24, 2.45) is 0 Å². The number of nitrogens with one attached hydrogen (secondary N) is 1. The first-order valence-electron chi connectivity index (χ1n) is 6.82. The molecule has 0 heterocycles. The lowest BCUT2D eigenvalue weighted by Crippen LogP contribution is -2.36. The number of amides is 1. The molecule has 0 bridgehead atoms. The molecule has 110 valence electrons. The molecule has 5 heteroatoms. The topological polar surface area (TPSA) is 75.6 Å². The molecule has 1 unspecified atom stereocenters. The molecule has 0 aliphatic rings. The van der Waals surface area contributed by atoms with Crippen LogP contribution in [0.1, 0.15) is 43.5 Å². The highest BCUT2D eigenvalue weighted by molar-refractivity contribution is 5.97. The molecule has 0 saturated carbocycles. The number of ether oxygens (including phenoxy) is 1. The molecule has 1 aromatic carbocycles. The van der Waals surface area contributed by atoms with Gasteiger partial charge in [-0.15, -0.1) is 0 Å². The number of hydrogen-bond acceptors (Lipinski definition) is 3. The third kappa shape index (κ3) is 4.91. The zero-order valence-corrected chi connectivity index (χ0v) is 11.9. The fourth-order valence-electron chi connectivity index (χ4n) is 1.98. The van der Waals surface area contributed by atoms with Gasteiger partial charge in [0.1, 0.15) is 5.75 Å². The van der Waals surface area contributed by atoms with E-state index in [1.165, 1.54) is 0 Å². The number of benzene rings is 1. The molecule has 2 N–H and O–H groups in total. The van der Waals surface area contributed by atoms with Crippen LogP contribution in [-0.4, -0.2) is 29.6 Å². The fourth-order valence-corrected chi connectivity index (χ4v) is 1.98. The molecular formula is C15H21NO4. The molecule has 0 fully saturated rings. The summed E-state index contributed by atoms with van der Waals surface area (Å²) in [4.78, 5) is 23.0. The van der Waals surface area contributed by atoms with E-state index in [1.54, 1.807) is 24.3 Å². The van der Waals surface area contributed by atoms with Crippen molar-refractivity contribution in [3.05, 3.63) is 29.8 Å². The molecular weight excluding hydrogens is 258 g/mol. The summed E-state index contributed by atoms with van der Waals surface area (Å²) in [5.41, 5.74) is 0.431. The first-order chi connectivity index (χ1) is 9.58. The van der Waals surface area contributed by atoms with Gasteiger partial charge in [-0.2, -0.15) is 0 Å². The average molecular weight is 279 g/mol. The molecule has 0 saturated heterocycles. The average Bonchev–Trinajstić information content (AvgIpc) is 2.39. The normalized spacial score (nSPS) is 11.7. The van der Waals surface area contributed by atoms with Gasteiger partial charge in [0.2, 0.25) is 0 Å². The van der Waals surface area contributed by atoms with Crippen molar-refractivity contribution in [2.75, 3.05) is 6.61 Å². The Morgan fingerprint density at radius 3 is 2.60 bits per heavy atom. The first kappa shape index (κ1) is 16.0. The van der Waals surface area contributed by atoms with Crippen LogP contribution >= 0.6 is 0 Å². The SMILES string of the molecule is CCCC(CC(=O)O)NC(=O)c1ccccc1OCC. The van der Waals surface area contributed by atoms with Gasteiger partial charge >= 0.3 is 5.97 Å². The predicted molar refractivity (Wildman–Crippen MR) is 76.0 cm³/mol. The lowest BCUT2D eigenvalue weighted by molar-refractivity contribution is -0.137. The van der Waals surface area contributed by atoms with Crippen LogP contribution in [0.5, 0.6) is 5.75 Å². The largest absolute Gasteiger partial charge is 0.493 e. The van der Waals surface area contributed by atoms with Crippen molar-refractivity contribution in [2.45, 2.75) is 39.2 Å². The van der Waals surface area contributed by atoms with Crippen molar-refractivity contribution < 1.29 is 19.4 Å². The molecule has 0 radical (unpaired) electrons. The quantitative estimate of drug-likeness (QED) is 0.766. The smallest absolute Gasteiger partial charge is 0.305 e. The van der Waals surface area contributed by atoms with Gasteiger partial charge in [-0.05, 0) is 25.5 Å². The zero-order valence-electron chi connectivity index (χ0n) is 11.9. The minimum absolute atomic E-state index is 0.0730. The van der Waals surface area contributed by atoms with Gasteiger partial charge in [0.25, 0.3) is 5.91 Å². The van der Waals surface area contributed by atoms with Gasteiger partial charge in [0.15, 0.2) is 0 Å². The van der Waals surface area contributed by atoms with Gasteiger partial charge < -0.3 is 15.2 Å². The summed E-state index contributed by atoms with van der Waals surface area (Å²) in [5, 5.41) is 11.6. The molecule has 0 aliphatic heterocycles. The Morgan fingerprint density at radius 2 is 2.00 bits per heavy atom. The van der Waals surface area contributed by atoms with E-state index in [4.69, 9.17) is 9.84 Å². The highest BCUT2D eigenvalue weighted by Gasteiger charge is 2.18. The summed E-state index contributed by atoms with van der Waals surface area (Å²) in [5.74, 6) is -0.700. The number of carbonyl (C=O) groups is 2. The van der Waals surface area contributed by atoms with E-state index in [0.717, 1.165) is 6.42 Å². The van der Waals surface area contributed by atoms with Crippen LogP contribution in [0.25, 0.3) is 0 Å². The fraction of sp³-hybridized carbons (Fsp3) is 0.467. The van der Waals surface area contributed by atoms with Gasteiger partial charge in [0, 0.05) is 6.04 Å². The second kappa shape index (κ2) is 8.19. The third-order valence-electron chi connectivity index (χ3n) is 2.82. The molecule has 1 atom stereocenters. The molecule has 5 nitrogen and oxygen atoms in total. The van der Waals surface area contributed by atoms with Gasteiger partial charge in [-0.3, -0.25) is 9.59 Å². The summed E-state index contributed by atoms with van der Waals surface area (Å²) in [6.07, 6.45) is 1.37. The Kier molecular flexibility index (Phi) is 6.56. The van der Waals surface area contributed by atoms with E-state index < -0.39 is 5.97 Å². The minimum atomic E-state index is -0.915. The summed E-state index contributed by atoms with van der Waals surface area (Å²) >= 11 is 0. The van der Waals surface area contributed by atoms with Crippen LogP contribution < -0.4 is 10.1 Å². The highest BCUT2D eigenvalue weighted by atomic mass is 16.5. The van der Waals surface area contributed by atoms with Gasteiger partial charge in [0.05, 0.1) is 18.6 Å². The van der Waals surface area contributed by atoms with Crippen LogP contribution in [0.15, 0.2) is 24.3 Å². The number of hydrogen-bond donors (Lipinski definition) is 2. The Morgan fingerprint density at radius 1 is 1.30 bits per heavy atom. The van der Waals surface area contributed by atoms with Crippen LogP contribution in [0, 0.1) is 0 Å². The second-order valence-corrected chi connectivity index (χ2v) is 4.49. The molecule has 0 aliphatic carbocycles. The number of carboxylic acids is 1. The van der Waals surface area contributed by atoms with Crippen molar-refractivity contribution >= 4 is 11.9 Å². The zero-order chi connectivity index (χ0) is 15.0. The van der Waals surface area contributed by atoms with E-state index in [9.17, 15) is 9.59 Å². The van der Waals surface area contributed by atoms with E-state index in [-0.39, 0.29) is 18.4 Å². The molecule has 1 amide bonds. The number of aliphatic carboxylic acids is 1. The van der Waals surface area contributed by atoms with Crippen molar-refractivity contribution in [3.8, 4) is 5.75 Å². The number of para-hydroxylation sites is 1. The number of carboxylic acid groups (broad SMARTS) is 1. The van der Waals surface area contributed by atoms with Crippen molar-refractivity contribution in [3.63, 3.8) is 0 Å². The Balaban J connectivity index is 2.80. The Labute approximate surface area is 118 Å². The first-order valence-corrected chi connectivity index (χ1v) is 6.82. The Bertz CT molecular complexity index is 459. The lowest BCUT2D eigenvalue weighted by atomic mass is 10.1. The molecule has 0 spiro atoms. The maximum absolute atomic E-state index is 12.2. The lowest BCUT2D eigenvalue weighted by Gasteiger charge is -2.17. The second-order valence-electron chi connectivity index (χ2n) is 4.49. The summed E-state index contributed by atoms with van der Waals surface area (Å²) in [7, 11) is 0. The van der Waals surface area contributed by atoms with Crippen LogP contribution in [0.4, 0.5) is 0 Å². The molecule has 20 heavy (non-hydrogen) atoms. The van der Waals surface area contributed by atoms with E-state index in [1.807, 2.05) is 13.8 Å². The minimum Gasteiger partial charge on any atom is -0.493 e. The van der Waals surface area contributed by atoms with Crippen LogP contribution in [-0.2, 0) is 4.79 Å². The maximum Gasteiger partial charge on any atom is 0.305 e. The third-order valence-corrected chi connectivity index (χ3v) is 2.82. The number of rotatable bonds is 8. The van der Waals surface area contributed by atoms with Crippen molar-refractivity contribution in [1.29, 1.82) is 0 Å². The van der Waals surface area contributed by atoms with E-state index in [0.29, 0.717) is 24.3 Å². The molecule has 1 aromatic rings.